The van der Waals surface area contributed by atoms with Crippen LogP contribution in [0.2, 0.25) is 0 Å². The van der Waals surface area contributed by atoms with Gasteiger partial charge in [-0.05, 0) is 37.0 Å². The molecule has 5 heteroatoms. The molecule has 1 heterocycles. The summed E-state index contributed by atoms with van der Waals surface area (Å²) in [6.45, 7) is 0. The van der Waals surface area contributed by atoms with Crippen molar-refractivity contribution in [2.24, 2.45) is 0 Å². The fourth-order valence-corrected chi connectivity index (χ4v) is 3.13. The standard InChI is InChI=1S/C15H17BrN2O2/c1-19-15(6-3-7-15)9-12-13(14(17)18-20-12)10-4-2-5-11(16)8-10/h2,4-5,8H,3,6-7,9H2,1H3,(H2,17,18). The zero-order valence-corrected chi connectivity index (χ0v) is 12.9. The molecule has 2 aromatic rings. The number of nitrogens with zero attached hydrogens (tertiary/aromatic N) is 1. The van der Waals surface area contributed by atoms with E-state index < -0.39 is 0 Å². The van der Waals surface area contributed by atoms with Crippen molar-refractivity contribution >= 4 is 21.7 Å². The maximum atomic E-state index is 5.98. The number of methoxy groups -OCH3 is 1. The summed E-state index contributed by atoms with van der Waals surface area (Å²) >= 11 is 3.48. The predicted molar refractivity (Wildman–Crippen MR) is 81.3 cm³/mol. The van der Waals surface area contributed by atoms with Crippen LogP contribution in [0.5, 0.6) is 0 Å². The first kappa shape index (κ1) is 13.6. The summed E-state index contributed by atoms with van der Waals surface area (Å²) in [5.41, 5.74) is 7.77. The van der Waals surface area contributed by atoms with Gasteiger partial charge in [0.25, 0.3) is 0 Å². The van der Waals surface area contributed by atoms with Gasteiger partial charge in [0.05, 0.1) is 11.2 Å². The van der Waals surface area contributed by atoms with Crippen molar-refractivity contribution in [2.75, 3.05) is 12.8 Å². The molecule has 0 bridgehead atoms. The van der Waals surface area contributed by atoms with E-state index in [4.69, 9.17) is 15.0 Å². The molecule has 0 radical (unpaired) electrons. The van der Waals surface area contributed by atoms with E-state index in [9.17, 15) is 0 Å². The quantitative estimate of drug-likeness (QED) is 0.922. The van der Waals surface area contributed by atoms with Gasteiger partial charge in [-0.2, -0.15) is 0 Å². The molecule has 1 aromatic heterocycles. The number of hydrogen-bond acceptors (Lipinski definition) is 4. The topological polar surface area (TPSA) is 61.3 Å². The Bertz CT molecular complexity index is 615. The van der Waals surface area contributed by atoms with Gasteiger partial charge in [0.2, 0.25) is 0 Å². The van der Waals surface area contributed by atoms with E-state index in [1.54, 1.807) is 7.11 Å². The van der Waals surface area contributed by atoms with Gasteiger partial charge in [-0.25, -0.2) is 0 Å². The highest BCUT2D eigenvalue weighted by atomic mass is 79.9. The van der Waals surface area contributed by atoms with Gasteiger partial charge >= 0.3 is 0 Å². The Balaban J connectivity index is 1.97. The predicted octanol–water partition coefficient (Wildman–Crippen LogP) is 3.80. The fraction of sp³-hybridized carbons (Fsp3) is 0.400. The number of aromatic nitrogens is 1. The Morgan fingerprint density at radius 2 is 2.25 bits per heavy atom. The highest BCUT2D eigenvalue weighted by Gasteiger charge is 2.39. The third-order valence-corrected chi connectivity index (χ3v) is 4.58. The van der Waals surface area contributed by atoms with Crippen molar-refractivity contribution in [3.05, 3.63) is 34.5 Å². The Kier molecular flexibility index (Phi) is 3.56. The first-order valence-corrected chi connectivity index (χ1v) is 7.48. The van der Waals surface area contributed by atoms with Crippen LogP contribution in [0, 0.1) is 0 Å². The molecule has 0 amide bonds. The summed E-state index contributed by atoms with van der Waals surface area (Å²) in [5, 5.41) is 3.93. The second-order valence-corrected chi connectivity index (χ2v) is 6.21. The molecule has 2 N–H and O–H groups in total. The highest BCUT2D eigenvalue weighted by molar-refractivity contribution is 9.10. The number of nitrogens with two attached hydrogens (primary N) is 1. The zero-order valence-electron chi connectivity index (χ0n) is 11.4. The molecule has 106 valence electrons. The van der Waals surface area contributed by atoms with E-state index >= 15 is 0 Å². The fourth-order valence-electron chi connectivity index (χ4n) is 2.73. The van der Waals surface area contributed by atoms with Gasteiger partial charge in [0.15, 0.2) is 5.82 Å². The van der Waals surface area contributed by atoms with E-state index in [-0.39, 0.29) is 5.60 Å². The Morgan fingerprint density at radius 3 is 2.85 bits per heavy atom. The van der Waals surface area contributed by atoms with Crippen LogP contribution in [0.15, 0.2) is 33.3 Å². The molecule has 4 nitrogen and oxygen atoms in total. The van der Waals surface area contributed by atoms with Crippen LogP contribution in [0.3, 0.4) is 0 Å². The molecule has 0 spiro atoms. The largest absolute Gasteiger partial charge is 0.380 e. The Hall–Kier alpha value is -1.33. The van der Waals surface area contributed by atoms with Gasteiger partial charge in [-0.15, -0.1) is 0 Å². The monoisotopic (exact) mass is 336 g/mol. The molecule has 0 saturated heterocycles. The van der Waals surface area contributed by atoms with Crippen LogP contribution in [0.4, 0.5) is 5.82 Å². The van der Waals surface area contributed by atoms with Crippen molar-refractivity contribution in [2.45, 2.75) is 31.3 Å². The van der Waals surface area contributed by atoms with Crippen LogP contribution < -0.4 is 5.73 Å². The van der Waals surface area contributed by atoms with E-state index in [0.717, 1.165) is 40.6 Å². The van der Waals surface area contributed by atoms with Crippen LogP contribution in [0.25, 0.3) is 11.1 Å². The number of ether oxygens (including phenoxy) is 1. The SMILES string of the molecule is COC1(Cc2onc(N)c2-c2cccc(Br)c2)CCC1. The first-order chi connectivity index (χ1) is 9.63. The number of halogens is 1. The molecule has 20 heavy (non-hydrogen) atoms. The van der Waals surface area contributed by atoms with Crippen LogP contribution in [-0.4, -0.2) is 17.9 Å². The highest BCUT2D eigenvalue weighted by Crippen LogP contribution is 2.41. The number of rotatable bonds is 4. The third-order valence-electron chi connectivity index (χ3n) is 4.08. The van der Waals surface area contributed by atoms with Crippen molar-refractivity contribution < 1.29 is 9.26 Å². The molecular weight excluding hydrogens is 320 g/mol. The molecule has 0 aliphatic heterocycles. The van der Waals surface area contributed by atoms with Crippen molar-refractivity contribution in [3.63, 3.8) is 0 Å². The maximum absolute atomic E-state index is 5.98. The van der Waals surface area contributed by atoms with Crippen molar-refractivity contribution in [3.8, 4) is 11.1 Å². The van der Waals surface area contributed by atoms with Gasteiger partial charge in [0, 0.05) is 18.0 Å². The number of benzene rings is 1. The summed E-state index contributed by atoms with van der Waals surface area (Å²) in [6, 6.07) is 7.99. The summed E-state index contributed by atoms with van der Waals surface area (Å²) < 4.78 is 12.1. The zero-order chi connectivity index (χ0) is 14.2. The second kappa shape index (κ2) is 5.22. The summed E-state index contributed by atoms with van der Waals surface area (Å²) in [7, 11) is 1.76. The molecule has 1 aromatic carbocycles. The second-order valence-electron chi connectivity index (χ2n) is 5.29. The molecule has 0 unspecified atom stereocenters. The molecule has 1 aliphatic rings. The van der Waals surface area contributed by atoms with E-state index in [1.165, 1.54) is 6.42 Å². The minimum atomic E-state index is -0.104. The normalized spacial score (nSPS) is 16.9. The van der Waals surface area contributed by atoms with Gasteiger partial charge in [0.1, 0.15) is 5.76 Å². The molecule has 1 saturated carbocycles. The van der Waals surface area contributed by atoms with E-state index in [1.807, 2.05) is 24.3 Å². The lowest BCUT2D eigenvalue weighted by Crippen LogP contribution is -2.41. The minimum Gasteiger partial charge on any atom is -0.380 e. The molecule has 3 rings (SSSR count). The van der Waals surface area contributed by atoms with Gasteiger partial charge in [-0.1, -0.05) is 33.2 Å². The lowest BCUT2D eigenvalue weighted by atomic mass is 9.76. The number of nitrogen functional groups attached to an aromatic ring is 1. The van der Waals surface area contributed by atoms with Crippen LogP contribution in [0.1, 0.15) is 25.0 Å². The Morgan fingerprint density at radius 1 is 1.45 bits per heavy atom. The van der Waals surface area contributed by atoms with Gasteiger partial charge in [-0.3, -0.25) is 0 Å². The summed E-state index contributed by atoms with van der Waals surface area (Å²) in [5.74, 6) is 1.24. The summed E-state index contributed by atoms with van der Waals surface area (Å²) in [6.07, 6.45) is 4.03. The molecular formula is C15H17BrN2O2. The van der Waals surface area contributed by atoms with Gasteiger partial charge < -0.3 is 15.0 Å². The number of hydrogen-bond donors (Lipinski definition) is 1. The average Bonchev–Trinajstić information content (AvgIpc) is 2.75. The van der Waals surface area contributed by atoms with E-state index in [0.29, 0.717) is 5.82 Å². The summed E-state index contributed by atoms with van der Waals surface area (Å²) in [4.78, 5) is 0. The molecule has 0 atom stereocenters. The number of anilines is 1. The Labute approximate surface area is 126 Å². The first-order valence-electron chi connectivity index (χ1n) is 6.69. The lowest BCUT2D eigenvalue weighted by molar-refractivity contribution is -0.0742. The van der Waals surface area contributed by atoms with Crippen molar-refractivity contribution in [1.82, 2.24) is 5.16 Å². The molecule has 1 fully saturated rings. The van der Waals surface area contributed by atoms with Crippen molar-refractivity contribution in [1.29, 1.82) is 0 Å². The maximum Gasteiger partial charge on any atom is 0.175 e. The van der Waals surface area contributed by atoms with E-state index in [2.05, 4.69) is 21.1 Å². The smallest absolute Gasteiger partial charge is 0.175 e. The lowest BCUT2D eigenvalue weighted by Gasteiger charge is -2.39. The molecule has 1 aliphatic carbocycles. The average molecular weight is 337 g/mol. The third kappa shape index (κ3) is 2.36. The minimum absolute atomic E-state index is 0.104. The van der Waals surface area contributed by atoms with Crippen LogP contribution in [-0.2, 0) is 11.2 Å². The van der Waals surface area contributed by atoms with Crippen LogP contribution >= 0.6 is 15.9 Å².